The zero-order chi connectivity index (χ0) is 24.3. The average molecular weight is 473 g/mol. The predicted molar refractivity (Wildman–Crippen MR) is 138 cm³/mol. The normalized spacial score (nSPS) is 14.4. The average Bonchev–Trinajstić information content (AvgIpc) is 2.92. The van der Waals surface area contributed by atoms with Crippen LogP contribution in [0, 0.1) is 0 Å². The molecular formula is C29H32N2O4. The second kappa shape index (κ2) is 12.7. The Morgan fingerprint density at radius 1 is 1.00 bits per heavy atom. The van der Waals surface area contributed by atoms with Crippen LogP contribution < -0.4 is 14.8 Å². The summed E-state index contributed by atoms with van der Waals surface area (Å²) in [5.41, 5.74) is 3.25. The summed E-state index contributed by atoms with van der Waals surface area (Å²) >= 11 is 0. The Morgan fingerprint density at radius 3 is 2.57 bits per heavy atom. The third-order valence-corrected chi connectivity index (χ3v) is 5.90. The minimum atomic E-state index is -0.152. The van der Waals surface area contributed by atoms with Gasteiger partial charge >= 0.3 is 0 Å². The number of para-hydroxylation sites is 1. The van der Waals surface area contributed by atoms with Crippen LogP contribution in [0.3, 0.4) is 0 Å². The maximum absolute atomic E-state index is 13.3. The van der Waals surface area contributed by atoms with Gasteiger partial charge < -0.3 is 19.5 Å². The smallest absolute Gasteiger partial charge is 0.252 e. The first-order chi connectivity index (χ1) is 17.2. The second-order valence-electron chi connectivity index (χ2n) is 8.30. The summed E-state index contributed by atoms with van der Waals surface area (Å²) in [7, 11) is 1.63. The Kier molecular flexibility index (Phi) is 8.92. The molecule has 1 heterocycles. The van der Waals surface area contributed by atoms with Crippen molar-refractivity contribution >= 4 is 17.6 Å². The number of methoxy groups -OCH3 is 1. The van der Waals surface area contributed by atoms with Gasteiger partial charge in [-0.3, -0.25) is 9.69 Å². The molecule has 4 rings (SSSR count). The molecule has 1 fully saturated rings. The van der Waals surface area contributed by atoms with E-state index in [1.165, 1.54) is 0 Å². The molecule has 0 saturated carbocycles. The molecule has 1 N–H and O–H groups in total. The summed E-state index contributed by atoms with van der Waals surface area (Å²) in [5.74, 6) is 1.37. The molecule has 6 nitrogen and oxygen atoms in total. The van der Waals surface area contributed by atoms with E-state index in [0.29, 0.717) is 18.7 Å². The third kappa shape index (κ3) is 7.18. The van der Waals surface area contributed by atoms with Crippen molar-refractivity contribution in [2.45, 2.75) is 6.54 Å². The van der Waals surface area contributed by atoms with Gasteiger partial charge in [0, 0.05) is 37.3 Å². The third-order valence-electron chi connectivity index (χ3n) is 5.90. The van der Waals surface area contributed by atoms with Crippen LogP contribution in [0.4, 0.5) is 0 Å². The minimum Gasteiger partial charge on any atom is -0.496 e. The molecule has 182 valence electrons. The predicted octanol–water partition coefficient (Wildman–Crippen LogP) is 4.26. The molecule has 0 aromatic heterocycles. The first kappa shape index (κ1) is 24.5. The topological polar surface area (TPSA) is 60.0 Å². The van der Waals surface area contributed by atoms with Gasteiger partial charge in [-0.1, -0.05) is 60.7 Å². The van der Waals surface area contributed by atoms with Gasteiger partial charge in [0.25, 0.3) is 5.91 Å². The van der Waals surface area contributed by atoms with E-state index in [0.717, 1.165) is 61.0 Å². The van der Waals surface area contributed by atoms with Crippen molar-refractivity contribution < 1.29 is 19.0 Å². The lowest BCUT2D eigenvalue weighted by molar-refractivity contribution is -0.115. The van der Waals surface area contributed by atoms with E-state index in [-0.39, 0.29) is 5.91 Å². The number of hydrogen-bond acceptors (Lipinski definition) is 5. The standard InChI is InChI=1S/C29H32N2O4/c1-33-28-13-6-5-11-25(28)21-27(24-9-3-2-4-10-24)29(32)30-22-23-8-7-12-26(20-23)35-19-16-31-14-17-34-18-15-31/h2-13,20-21H,14-19,22H2,1H3,(H,30,32)/b27-21+. The highest BCUT2D eigenvalue weighted by molar-refractivity contribution is 6.24. The fourth-order valence-electron chi connectivity index (χ4n) is 3.98. The molecule has 1 aliphatic heterocycles. The molecule has 0 aliphatic carbocycles. The van der Waals surface area contributed by atoms with Gasteiger partial charge in [-0.25, -0.2) is 0 Å². The number of nitrogens with one attached hydrogen (secondary N) is 1. The van der Waals surface area contributed by atoms with Crippen molar-refractivity contribution in [1.82, 2.24) is 10.2 Å². The van der Waals surface area contributed by atoms with Crippen molar-refractivity contribution in [2.75, 3.05) is 46.6 Å². The zero-order valence-electron chi connectivity index (χ0n) is 20.1. The zero-order valence-corrected chi connectivity index (χ0v) is 20.1. The highest BCUT2D eigenvalue weighted by atomic mass is 16.5. The van der Waals surface area contributed by atoms with Gasteiger partial charge in [-0.2, -0.15) is 0 Å². The Labute approximate surface area is 207 Å². The number of carbonyl (C=O) groups is 1. The quantitative estimate of drug-likeness (QED) is 0.353. The molecule has 6 heteroatoms. The van der Waals surface area contributed by atoms with Crippen LogP contribution >= 0.6 is 0 Å². The van der Waals surface area contributed by atoms with E-state index in [9.17, 15) is 4.79 Å². The van der Waals surface area contributed by atoms with Crippen LogP contribution in [0.15, 0.2) is 78.9 Å². The molecule has 0 spiro atoms. The molecule has 3 aromatic rings. The Balaban J connectivity index is 1.41. The maximum Gasteiger partial charge on any atom is 0.252 e. The van der Waals surface area contributed by atoms with Crippen molar-refractivity contribution in [3.05, 3.63) is 95.6 Å². The van der Waals surface area contributed by atoms with Crippen molar-refractivity contribution in [2.24, 2.45) is 0 Å². The van der Waals surface area contributed by atoms with Gasteiger partial charge in [0.1, 0.15) is 18.1 Å². The molecule has 0 atom stereocenters. The highest BCUT2D eigenvalue weighted by Crippen LogP contribution is 2.25. The molecule has 0 unspecified atom stereocenters. The number of ether oxygens (including phenoxy) is 3. The fourth-order valence-corrected chi connectivity index (χ4v) is 3.98. The highest BCUT2D eigenvalue weighted by Gasteiger charge is 2.14. The monoisotopic (exact) mass is 472 g/mol. The van der Waals surface area contributed by atoms with E-state index in [1.54, 1.807) is 7.11 Å². The number of carbonyl (C=O) groups excluding carboxylic acids is 1. The summed E-state index contributed by atoms with van der Waals surface area (Å²) in [6.07, 6.45) is 1.87. The van der Waals surface area contributed by atoms with Crippen LogP contribution in [0.1, 0.15) is 16.7 Å². The molecule has 3 aromatic carbocycles. The molecular weight excluding hydrogens is 440 g/mol. The van der Waals surface area contributed by atoms with Gasteiger partial charge in [0.2, 0.25) is 0 Å². The van der Waals surface area contributed by atoms with Crippen molar-refractivity contribution in [3.8, 4) is 11.5 Å². The largest absolute Gasteiger partial charge is 0.496 e. The van der Waals surface area contributed by atoms with Crippen LogP contribution in [-0.2, 0) is 16.1 Å². The summed E-state index contributed by atoms with van der Waals surface area (Å²) in [4.78, 5) is 15.6. The number of nitrogens with zero attached hydrogens (tertiary/aromatic N) is 1. The first-order valence-electron chi connectivity index (χ1n) is 11.9. The lowest BCUT2D eigenvalue weighted by Gasteiger charge is -2.26. The van der Waals surface area contributed by atoms with E-state index in [1.807, 2.05) is 84.9 Å². The summed E-state index contributed by atoms with van der Waals surface area (Å²) < 4.78 is 16.8. The molecule has 35 heavy (non-hydrogen) atoms. The number of benzene rings is 3. The van der Waals surface area contributed by atoms with Crippen molar-refractivity contribution in [3.63, 3.8) is 0 Å². The number of rotatable bonds is 10. The van der Waals surface area contributed by atoms with Gasteiger partial charge in [-0.05, 0) is 35.4 Å². The van der Waals surface area contributed by atoms with E-state index >= 15 is 0 Å². The fraction of sp³-hybridized carbons (Fsp3) is 0.276. The number of amides is 1. The Bertz CT molecular complexity index is 1120. The Morgan fingerprint density at radius 2 is 1.77 bits per heavy atom. The molecule has 1 amide bonds. The first-order valence-corrected chi connectivity index (χ1v) is 11.9. The van der Waals surface area contributed by atoms with Crippen LogP contribution in [0.25, 0.3) is 11.6 Å². The number of hydrogen-bond donors (Lipinski definition) is 1. The van der Waals surface area contributed by atoms with Crippen LogP contribution in [0.2, 0.25) is 0 Å². The molecule has 0 radical (unpaired) electrons. The van der Waals surface area contributed by atoms with Gasteiger partial charge in [-0.15, -0.1) is 0 Å². The second-order valence-corrected chi connectivity index (χ2v) is 8.30. The van der Waals surface area contributed by atoms with E-state index in [4.69, 9.17) is 14.2 Å². The summed E-state index contributed by atoms with van der Waals surface area (Å²) in [6.45, 7) is 5.35. The lowest BCUT2D eigenvalue weighted by Crippen LogP contribution is -2.38. The molecule has 0 bridgehead atoms. The van der Waals surface area contributed by atoms with Gasteiger partial charge in [0.05, 0.1) is 20.3 Å². The SMILES string of the molecule is COc1ccccc1/C=C(/C(=O)NCc1cccc(OCCN2CCOCC2)c1)c1ccccc1. The Hall–Kier alpha value is -3.61. The van der Waals surface area contributed by atoms with Crippen LogP contribution in [-0.4, -0.2) is 57.4 Å². The van der Waals surface area contributed by atoms with E-state index in [2.05, 4.69) is 10.2 Å². The molecule has 1 aliphatic rings. The lowest BCUT2D eigenvalue weighted by atomic mass is 10.0. The summed E-state index contributed by atoms with van der Waals surface area (Å²) in [5, 5.41) is 3.06. The van der Waals surface area contributed by atoms with Crippen LogP contribution in [0.5, 0.6) is 11.5 Å². The van der Waals surface area contributed by atoms with E-state index < -0.39 is 0 Å². The summed E-state index contributed by atoms with van der Waals surface area (Å²) in [6, 6.07) is 25.2. The minimum absolute atomic E-state index is 0.152. The van der Waals surface area contributed by atoms with Gasteiger partial charge in [0.15, 0.2) is 0 Å². The van der Waals surface area contributed by atoms with Crippen molar-refractivity contribution in [1.29, 1.82) is 0 Å². The molecule has 1 saturated heterocycles. The number of morpholine rings is 1. The maximum atomic E-state index is 13.3.